The SMILES string of the molecule is CCCOc1cc(C)c(CCCN2CCNCC2)c(C)c1. The number of hydrogen-bond donors (Lipinski definition) is 1. The third-order valence-electron chi connectivity index (χ3n) is 4.25. The normalized spacial score (nSPS) is 16.1. The summed E-state index contributed by atoms with van der Waals surface area (Å²) in [6, 6.07) is 4.39. The predicted molar refractivity (Wildman–Crippen MR) is 89.3 cm³/mol. The van der Waals surface area contributed by atoms with Crippen LogP contribution < -0.4 is 10.1 Å². The van der Waals surface area contributed by atoms with Crippen LogP contribution in [0.5, 0.6) is 5.75 Å². The Hall–Kier alpha value is -1.06. The summed E-state index contributed by atoms with van der Waals surface area (Å²) in [4.78, 5) is 2.57. The Bertz CT molecular complexity index is 416. The van der Waals surface area contributed by atoms with Crippen molar-refractivity contribution in [1.29, 1.82) is 0 Å². The number of piperazine rings is 1. The van der Waals surface area contributed by atoms with Crippen LogP contribution in [0.4, 0.5) is 0 Å². The molecule has 1 N–H and O–H groups in total. The second kappa shape index (κ2) is 8.40. The molecule has 1 aliphatic rings. The molecule has 3 nitrogen and oxygen atoms in total. The fourth-order valence-corrected chi connectivity index (χ4v) is 3.07. The fraction of sp³-hybridized carbons (Fsp3) is 0.667. The van der Waals surface area contributed by atoms with Crippen LogP contribution in [0.25, 0.3) is 0 Å². The average Bonchev–Trinajstić information content (AvgIpc) is 2.49. The molecule has 0 atom stereocenters. The van der Waals surface area contributed by atoms with Gasteiger partial charge in [-0.05, 0) is 68.5 Å². The summed E-state index contributed by atoms with van der Waals surface area (Å²) in [6.07, 6.45) is 3.48. The summed E-state index contributed by atoms with van der Waals surface area (Å²) in [7, 11) is 0. The third kappa shape index (κ3) is 5.01. The van der Waals surface area contributed by atoms with Gasteiger partial charge in [0.05, 0.1) is 6.61 Å². The molecule has 0 spiro atoms. The van der Waals surface area contributed by atoms with E-state index >= 15 is 0 Å². The van der Waals surface area contributed by atoms with Crippen molar-refractivity contribution in [3.05, 3.63) is 28.8 Å². The highest BCUT2D eigenvalue weighted by Crippen LogP contribution is 2.23. The molecule has 0 amide bonds. The Labute approximate surface area is 129 Å². The Morgan fingerprint density at radius 2 is 1.81 bits per heavy atom. The topological polar surface area (TPSA) is 24.5 Å². The highest BCUT2D eigenvalue weighted by molar-refractivity contribution is 5.41. The summed E-state index contributed by atoms with van der Waals surface area (Å²) in [5.74, 6) is 1.03. The highest BCUT2D eigenvalue weighted by atomic mass is 16.5. The molecule has 1 saturated heterocycles. The predicted octanol–water partition coefficient (Wildman–Crippen LogP) is 2.93. The van der Waals surface area contributed by atoms with E-state index in [9.17, 15) is 0 Å². The van der Waals surface area contributed by atoms with Crippen LogP contribution in [-0.2, 0) is 6.42 Å². The maximum Gasteiger partial charge on any atom is 0.119 e. The second-order valence-corrected chi connectivity index (χ2v) is 6.08. The van der Waals surface area contributed by atoms with Gasteiger partial charge in [-0.25, -0.2) is 0 Å². The lowest BCUT2D eigenvalue weighted by molar-refractivity contribution is 0.238. The van der Waals surface area contributed by atoms with Crippen molar-refractivity contribution in [2.24, 2.45) is 0 Å². The van der Waals surface area contributed by atoms with Gasteiger partial charge in [-0.15, -0.1) is 0 Å². The van der Waals surface area contributed by atoms with Gasteiger partial charge in [-0.1, -0.05) is 6.92 Å². The molecule has 0 bridgehead atoms. The molecule has 21 heavy (non-hydrogen) atoms. The molecule has 0 saturated carbocycles. The van der Waals surface area contributed by atoms with Crippen LogP contribution in [0.2, 0.25) is 0 Å². The van der Waals surface area contributed by atoms with Crippen molar-refractivity contribution >= 4 is 0 Å². The van der Waals surface area contributed by atoms with Crippen LogP contribution >= 0.6 is 0 Å². The van der Waals surface area contributed by atoms with Crippen LogP contribution in [0.15, 0.2) is 12.1 Å². The Kier molecular flexibility index (Phi) is 6.52. The molecule has 0 aliphatic carbocycles. The van der Waals surface area contributed by atoms with Crippen molar-refractivity contribution in [2.75, 3.05) is 39.3 Å². The molecule has 0 radical (unpaired) electrons. The van der Waals surface area contributed by atoms with Crippen molar-refractivity contribution in [3.63, 3.8) is 0 Å². The van der Waals surface area contributed by atoms with E-state index in [1.807, 2.05) is 0 Å². The summed E-state index contributed by atoms with van der Waals surface area (Å²) in [5.41, 5.74) is 4.26. The first-order valence-corrected chi connectivity index (χ1v) is 8.36. The van der Waals surface area contributed by atoms with E-state index in [0.717, 1.165) is 31.9 Å². The Morgan fingerprint density at radius 3 is 2.43 bits per heavy atom. The standard InChI is InChI=1S/C18H30N2O/c1-4-12-21-17-13-15(2)18(16(3)14-17)6-5-9-20-10-7-19-8-11-20/h13-14,19H,4-12H2,1-3H3. The van der Waals surface area contributed by atoms with Gasteiger partial charge < -0.3 is 15.0 Å². The van der Waals surface area contributed by atoms with Gasteiger partial charge in [0.2, 0.25) is 0 Å². The minimum atomic E-state index is 0.807. The number of ether oxygens (including phenoxy) is 1. The lowest BCUT2D eigenvalue weighted by Gasteiger charge is -2.27. The first kappa shape index (κ1) is 16.3. The van der Waals surface area contributed by atoms with Gasteiger partial charge >= 0.3 is 0 Å². The lowest BCUT2D eigenvalue weighted by atomic mass is 9.98. The second-order valence-electron chi connectivity index (χ2n) is 6.08. The first-order valence-electron chi connectivity index (χ1n) is 8.36. The molecule has 1 aromatic rings. The van der Waals surface area contributed by atoms with Crippen molar-refractivity contribution < 1.29 is 4.74 Å². The number of rotatable bonds is 7. The molecular formula is C18H30N2O. The number of benzene rings is 1. The van der Waals surface area contributed by atoms with Gasteiger partial charge in [0.1, 0.15) is 5.75 Å². The quantitative estimate of drug-likeness (QED) is 0.835. The molecular weight excluding hydrogens is 260 g/mol. The molecule has 2 rings (SSSR count). The molecule has 0 aromatic heterocycles. The number of nitrogens with one attached hydrogen (secondary N) is 1. The van der Waals surface area contributed by atoms with Gasteiger partial charge in [0, 0.05) is 26.2 Å². The zero-order chi connectivity index (χ0) is 15.1. The van der Waals surface area contributed by atoms with Gasteiger partial charge in [0.25, 0.3) is 0 Å². The maximum atomic E-state index is 5.76. The summed E-state index contributed by atoms with van der Waals surface area (Å²) in [5, 5.41) is 3.41. The molecule has 1 aliphatic heterocycles. The summed E-state index contributed by atoms with van der Waals surface area (Å²) < 4.78 is 5.76. The van der Waals surface area contributed by atoms with Crippen molar-refractivity contribution in [3.8, 4) is 5.75 Å². The fourth-order valence-electron chi connectivity index (χ4n) is 3.07. The van der Waals surface area contributed by atoms with Gasteiger partial charge in [-0.2, -0.15) is 0 Å². The minimum absolute atomic E-state index is 0.807. The van der Waals surface area contributed by atoms with Crippen LogP contribution in [0, 0.1) is 13.8 Å². The van der Waals surface area contributed by atoms with E-state index in [1.165, 1.54) is 49.2 Å². The maximum absolute atomic E-state index is 5.76. The number of aryl methyl sites for hydroxylation is 2. The molecule has 1 fully saturated rings. The lowest BCUT2D eigenvalue weighted by Crippen LogP contribution is -2.43. The van der Waals surface area contributed by atoms with Crippen LogP contribution in [0.1, 0.15) is 36.5 Å². The number of nitrogens with zero attached hydrogens (tertiary/aromatic N) is 1. The first-order chi connectivity index (χ1) is 10.2. The third-order valence-corrected chi connectivity index (χ3v) is 4.25. The van der Waals surface area contributed by atoms with Crippen LogP contribution in [-0.4, -0.2) is 44.2 Å². The van der Waals surface area contributed by atoms with Crippen molar-refractivity contribution in [2.45, 2.75) is 40.0 Å². The Morgan fingerprint density at radius 1 is 1.14 bits per heavy atom. The van der Waals surface area contributed by atoms with Gasteiger partial charge in [0.15, 0.2) is 0 Å². The van der Waals surface area contributed by atoms with E-state index in [1.54, 1.807) is 0 Å². The van der Waals surface area contributed by atoms with E-state index in [-0.39, 0.29) is 0 Å². The van der Waals surface area contributed by atoms with E-state index < -0.39 is 0 Å². The Balaban J connectivity index is 1.87. The zero-order valence-electron chi connectivity index (χ0n) is 13.9. The summed E-state index contributed by atoms with van der Waals surface area (Å²) >= 11 is 0. The average molecular weight is 290 g/mol. The minimum Gasteiger partial charge on any atom is -0.494 e. The largest absolute Gasteiger partial charge is 0.494 e. The molecule has 118 valence electrons. The monoisotopic (exact) mass is 290 g/mol. The number of hydrogen-bond acceptors (Lipinski definition) is 3. The molecule has 3 heteroatoms. The molecule has 1 heterocycles. The summed E-state index contributed by atoms with van der Waals surface area (Å²) in [6.45, 7) is 13.3. The van der Waals surface area contributed by atoms with E-state index in [2.05, 4.69) is 43.1 Å². The molecule has 0 unspecified atom stereocenters. The molecule has 1 aromatic carbocycles. The smallest absolute Gasteiger partial charge is 0.119 e. The van der Waals surface area contributed by atoms with Crippen LogP contribution in [0.3, 0.4) is 0 Å². The van der Waals surface area contributed by atoms with Crippen molar-refractivity contribution in [1.82, 2.24) is 10.2 Å². The van der Waals surface area contributed by atoms with E-state index in [0.29, 0.717) is 0 Å². The zero-order valence-corrected chi connectivity index (χ0v) is 13.9. The highest BCUT2D eigenvalue weighted by Gasteiger charge is 2.10. The van der Waals surface area contributed by atoms with Gasteiger partial charge in [-0.3, -0.25) is 0 Å². The van der Waals surface area contributed by atoms with E-state index in [4.69, 9.17) is 4.74 Å².